The van der Waals surface area contributed by atoms with Gasteiger partial charge in [-0.25, -0.2) is 5.01 Å². The monoisotopic (exact) mass is 566 g/mol. The molecule has 0 aliphatic carbocycles. The number of ether oxygens (including phenoxy) is 1. The maximum absolute atomic E-state index is 13.4. The Morgan fingerprint density at radius 3 is 2.50 bits per heavy atom. The second kappa shape index (κ2) is 13.1. The first-order valence-corrected chi connectivity index (χ1v) is 14.2. The van der Waals surface area contributed by atoms with Gasteiger partial charge < -0.3 is 15.0 Å². The van der Waals surface area contributed by atoms with Crippen LogP contribution in [0.2, 0.25) is 0 Å². The standard InChI is InChI=1S/C29H34N4O6S/c1-18(17-40-19(2)34)28(37)32-13-7-10-24(32)27(36)31-33-16-22-14-23(30-26(35)20-8-5-4-6-9-20)12-11-21(22)15-25(33)29(38)39-3/h4-6,8-9,11-12,14,18,24-25H,7,10,13,15-17H2,1-3H3,(H,30,35)(H,31,36)/t18-,24+,25?/m1/s1. The zero-order chi connectivity index (χ0) is 28.8. The van der Waals surface area contributed by atoms with Crippen molar-refractivity contribution < 1.29 is 28.7 Å². The number of nitrogens with zero attached hydrogens (tertiary/aromatic N) is 2. The largest absolute Gasteiger partial charge is 0.468 e. The lowest BCUT2D eigenvalue weighted by molar-refractivity contribution is -0.152. The van der Waals surface area contributed by atoms with E-state index in [1.54, 1.807) is 47.2 Å². The first-order valence-electron chi connectivity index (χ1n) is 13.2. The molecule has 0 saturated carbocycles. The zero-order valence-corrected chi connectivity index (χ0v) is 23.7. The summed E-state index contributed by atoms with van der Waals surface area (Å²) in [6, 6.07) is 12.9. The number of fused-ring (bicyclic) bond motifs is 1. The minimum Gasteiger partial charge on any atom is -0.468 e. The molecule has 0 radical (unpaired) electrons. The highest BCUT2D eigenvalue weighted by Gasteiger charge is 2.39. The molecule has 3 atom stereocenters. The van der Waals surface area contributed by atoms with Crippen molar-refractivity contribution in [1.82, 2.24) is 15.3 Å². The van der Waals surface area contributed by atoms with E-state index in [9.17, 15) is 24.0 Å². The summed E-state index contributed by atoms with van der Waals surface area (Å²) >= 11 is 1.09. The lowest BCUT2D eigenvalue weighted by Gasteiger charge is -2.36. The number of thioether (sulfide) groups is 1. The van der Waals surface area contributed by atoms with Crippen LogP contribution in [0.25, 0.3) is 0 Å². The minimum absolute atomic E-state index is 0.0580. The van der Waals surface area contributed by atoms with Gasteiger partial charge >= 0.3 is 5.97 Å². The molecule has 2 heterocycles. The molecule has 11 heteroatoms. The van der Waals surface area contributed by atoms with Gasteiger partial charge in [0, 0.05) is 49.4 Å². The number of likely N-dealkylation sites (tertiary alicyclic amines) is 1. The van der Waals surface area contributed by atoms with E-state index in [-0.39, 0.29) is 29.4 Å². The second-order valence-corrected chi connectivity index (χ2v) is 11.2. The van der Waals surface area contributed by atoms with Crippen LogP contribution in [0.1, 0.15) is 48.2 Å². The molecule has 2 aliphatic rings. The Kier molecular flexibility index (Phi) is 9.59. The molecule has 10 nitrogen and oxygen atoms in total. The van der Waals surface area contributed by atoms with E-state index in [2.05, 4.69) is 10.7 Å². The first-order chi connectivity index (χ1) is 19.2. The average molecular weight is 567 g/mol. The van der Waals surface area contributed by atoms with Crippen molar-refractivity contribution in [2.75, 3.05) is 24.7 Å². The molecule has 2 N–H and O–H groups in total. The maximum Gasteiger partial charge on any atom is 0.325 e. The van der Waals surface area contributed by atoms with Crippen LogP contribution >= 0.6 is 11.8 Å². The molecule has 0 bridgehead atoms. The van der Waals surface area contributed by atoms with E-state index >= 15 is 0 Å². The number of hydrogen-bond acceptors (Lipinski definition) is 8. The summed E-state index contributed by atoms with van der Waals surface area (Å²) in [4.78, 5) is 64.7. The van der Waals surface area contributed by atoms with Gasteiger partial charge in [0.2, 0.25) is 5.91 Å². The van der Waals surface area contributed by atoms with Crippen LogP contribution in [0.3, 0.4) is 0 Å². The summed E-state index contributed by atoms with van der Waals surface area (Å²) in [5.74, 6) is -1.31. The Labute approximate surface area is 237 Å². The number of hydrazine groups is 1. The van der Waals surface area contributed by atoms with Crippen molar-refractivity contribution in [2.24, 2.45) is 5.92 Å². The van der Waals surface area contributed by atoms with E-state index in [1.807, 2.05) is 18.2 Å². The third-order valence-corrected chi connectivity index (χ3v) is 8.23. The number of rotatable bonds is 8. The van der Waals surface area contributed by atoms with Gasteiger partial charge in [-0.3, -0.25) is 29.4 Å². The number of nitrogens with one attached hydrogen (secondary N) is 2. The molecule has 0 aromatic heterocycles. The van der Waals surface area contributed by atoms with Gasteiger partial charge in [0.25, 0.3) is 11.8 Å². The molecular weight excluding hydrogens is 532 g/mol. The number of carbonyl (C=O) groups excluding carboxylic acids is 5. The predicted molar refractivity (Wildman–Crippen MR) is 151 cm³/mol. The smallest absolute Gasteiger partial charge is 0.325 e. The molecule has 40 heavy (non-hydrogen) atoms. The highest BCUT2D eigenvalue weighted by atomic mass is 32.2. The van der Waals surface area contributed by atoms with E-state index < -0.39 is 24.0 Å². The SMILES string of the molecule is COC(=O)C1Cc2ccc(NC(=O)c3ccccc3)cc2CN1NC(=O)[C@@H]1CCCN1C(=O)[C@H](C)CSC(C)=O. The Bertz CT molecular complexity index is 1290. The molecule has 0 spiro atoms. The molecule has 4 rings (SSSR count). The van der Waals surface area contributed by atoms with Crippen LogP contribution in [0.5, 0.6) is 0 Å². The quantitative estimate of drug-likeness (QED) is 0.468. The van der Waals surface area contributed by atoms with Gasteiger partial charge in [0.15, 0.2) is 5.12 Å². The van der Waals surface area contributed by atoms with Crippen LogP contribution in [0.4, 0.5) is 5.69 Å². The maximum atomic E-state index is 13.4. The topological polar surface area (TPSA) is 125 Å². The molecular formula is C29H34N4O6S. The van der Waals surface area contributed by atoms with Gasteiger partial charge in [-0.05, 0) is 48.2 Å². The van der Waals surface area contributed by atoms with E-state index in [1.165, 1.54) is 14.0 Å². The number of anilines is 1. The molecule has 2 aromatic carbocycles. The molecule has 2 aliphatic heterocycles. The number of amides is 3. The Hall–Kier alpha value is -3.70. The van der Waals surface area contributed by atoms with Crippen LogP contribution in [0, 0.1) is 5.92 Å². The fourth-order valence-electron chi connectivity index (χ4n) is 5.03. The van der Waals surface area contributed by atoms with Gasteiger partial charge in [-0.2, -0.15) is 0 Å². The Morgan fingerprint density at radius 2 is 1.80 bits per heavy atom. The molecule has 1 unspecified atom stereocenters. The number of carbonyl (C=O) groups is 5. The van der Waals surface area contributed by atoms with Crippen molar-refractivity contribution in [3.8, 4) is 0 Å². The van der Waals surface area contributed by atoms with Crippen LogP contribution in [-0.4, -0.2) is 70.2 Å². The van der Waals surface area contributed by atoms with Gasteiger partial charge in [-0.1, -0.05) is 43.0 Å². The summed E-state index contributed by atoms with van der Waals surface area (Å²) in [5, 5.41) is 4.39. The van der Waals surface area contributed by atoms with Crippen LogP contribution in [0.15, 0.2) is 48.5 Å². The van der Waals surface area contributed by atoms with Gasteiger partial charge in [0.05, 0.1) is 7.11 Å². The fourth-order valence-corrected chi connectivity index (χ4v) is 5.66. The minimum atomic E-state index is -0.748. The number of esters is 1. The van der Waals surface area contributed by atoms with Crippen molar-refractivity contribution >= 4 is 46.3 Å². The molecule has 2 aromatic rings. The van der Waals surface area contributed by atoms with E-state index in [4.69, 9.17) is 4.74 Å². The van der Waals surface area contributed by atoms with Crippen LogP contribution in [-0.2, 0) is 36.9 Å². The lowest BCUT2D eigenvalue weighted by atomic mass is 9.94. The van der Waals surface area contributed by atoms with Crippen molar-refractivity contribution in [3.05, 3.63) is 65.2 Å². The normalized spacial score (nSPS) is 19.3. The van der Waals surface area contributed by atoms with Crippen molar-refractivity contribution in [2.45, 2.75) is 51.7 Å². The number of benzene rings is 2. The lowest BCUT2D eigenvalue weighted by Crippen LogP contribution is -2.58. The number of hydrogen-bond donors (Lipinski definition) is 2. The average Bonchev–Trinajstić information content (AvgIpc) is 3.45. The molecule has 212 valence electrons. The second-order valence-electron chi connectivity index (χ2n) is 10.0. The van der Waals surface area contributed by atoms with Crippen LogP contribution < -0.4 is 10.7 Å². The molecule has 1 saturated heterocycles. The fraction of sp³-hybridized carbons (Fsp3) is 0.414. The van der Waals surface area contributed by atoms with Crippen molar-refractivity contribution in [1.29, 1.82) is 0 Å². The summed E-state index contributed by atoms with van der Waals surface area (Å²) in [6.45, 7) is 3.89. The molecule has 1 fully saturated rings. The zero-order valence-electron chi connectivity index (χ0n) is 22.8. The Morgan fingerprint density at radius 1 is 1.05 bits per heavy atom. The highest BCUT2D eigenvalue weighted by molar-refractivity contribution is 8.13. The summed E-state index contributed by atoms with van der Waals surface area (Å²) < 4.78 is 5.02. The van der Waals surface area contributed by atoms with Crippen molar-refractivity contribution in [3.63, 3.8) is 0 Å². The van der Waals surface area contributed by atoms with Gasteiger partial charge in [-0.15, -0.1) is 0 Å². The van der Waals surface area contributed by atoms with E-state index in [0.717, 1.165) is 22.9 Å². The van der Waals surface area contributed by atoms with E-state index in [0.29, 0.717) is 42.8 Å². The van der Waals surface area contributed by atoms with Gasteiger partial charge in [0.1, 0.15) is 12.1 Å². The highest BCUT2D eigenvalue weighted by Crippen LogP contribution is 2.27. The predicted octanol–water partition coefficient (Wildman–Crippen LogP) is 2.78. The summed E-state index contributed by atoms with van der Waals surface area (Å²) in [5.41, 5.74) is 5.77. The summed E-state index contributed by atoms with van der Waals surface area (Å²) in [6.07, 6.45) is 1.50. The third kappa shape index (κ3) is 6.89. The third-order valence-electron chi connectivity index (χ3n) is 7.15. The summed E-state index contributed by atoms with van der Waals surface area (Å²) in [7, 11) is 1.30. The molecule has 3 amide bonds. The first kappa shape index (κ1) is 29.3. The number of methoxy groups -OCH3 is 1. The Balaban J connectivity index is 1.48.